The summed E-state index contributed by atoms with van der Waals surface area (Å²) >= 11 is 0. The minimum absolute atomic E-state index is 1.03. The van der Waals surface area contributed by atoms with Gasteiger partial charge in [-0.25, -0.2) is 0 Å². The summed E-state index contributed by atoms with van der Waals surface area (Å²) in [4.78, 5) is 6.51. The Morgan fingerprint density at radius 2 is 2.23 bits per heavy atom. The van der Waals surface area contributed by atoms with Crippen LogP contribution in [0.15, 0.2) is 12.3 Å². The van der Waals surface area contributed by atoms with Gasteiger partial charge < -0.3 is 0 Å². The molecule has 0 spiro atoms. The van der Waals surface area contributed by atoms with Crippen LogP contribution >= 0.6 is 0 Å². The van der Waals surface area contributed by atoms with Gasteiger partial charge >= 0.3 is 0 Å². The maximum atomic E-state index is 4.04. The molecule has 0 bridgehead atoms. The van der Waals surface area contributed by atoms with E-state index in [9.17, 15) is 0 Å². The monoisotopic (exact) mass is 175 g/mol. The van der Waals surface area contributed by atoms with Crippen molar-refractivity contribution in [2.24, 2.45) is 0 Å². The summed E-state index contributed by atoms with van der Waals surface area (Å²) in [5, 5.41) is 0. The second kappa shape index (κ2) is 3.88. The molecule has 0 atom stereocenters. The van der Waals surface area contributed by atoms with E-state index in [0.717, 1.165) is 6.54 Å². The van der Waals surface area contributed by atoms with E-state index in [1.807, 2.05) is 6.20 Å². The molecule has 1 radical (unpaired) electrons. The van der Waals surface area contributed by atoms with Crippen molar-refractivity contribution in [1.82, 2.24) is 9.88 Å². The summed E-state index contributed by atoms with van der Waals surface area (Å²) in [6.07, 6.45) is 7.57. The Hall–Kier alpha value is -0.890. The van der Waals surface area contributed by atoms with Gasteiger partial charge in [-0.05, 0) is 50.0 Å². The third kappa shape index (κ3) is 2.07. The number of rotatable bonds is 2. The molecule has 1 aromatic rings. The van der Waals surface area contributed by atoms with Crippen molar-refractivity contribution in [1.29, 1.82) is 0 Å². The van der Waals surface area contributed by atoms with E-state index < -0.39 is 0 Å². The molecule has 69 valence electrons. The largest absolute Gasteiger partial charge is 0.299 e. The number of hydrogen-bond donors (Lipinski definition) is 0. The van der Waals surface area contributed by atoms with Crippen LogP contribution in [0.3, 0.4) is 0 Å². The number of aryl methyl sites for hydroxylation is 1. The SMILES string of the molecule is Cc1ccn[c]c1CN1CCCC1. The molecule has 13 heavy (non-hydrogen) atoms. The molecule has 0 amide bonds. The van der Waals surface area contributed by atoms with Gasteiger partial charge in [0.05, 0.1) is 6.20 Å². The first-order valence-electron chi connectivity index (χ1n) is 4.91. The Morgan fingerprint density at radius 1 is 1.46 bits per heavy atom. The van der Waals surface area contributed by atoms with Crippen LogP contribution in [-0.2, 0) is 6.54 Å². The molecule has 1 saturated heterocycles. The fourth-order valence-electron chi connectivity index (χ4n) is 1.78. The molecule has 2 rings (SSSR count). The Labute approximate surface area is 79.6 Å². The second-order valence-electron chi connectivity index (χ2n) is 3.70. The van der Waals surface area contributed by atoms with Crippen LogP contribution in [0, 0.1) is 13.1 Å². The molecule has 1 aliphatic rings. The number of likely N-dealkylation sites (tertiary alicyclic amines) is 1. The molecule has 2 nitrogen and oxygen atoms in total. The molecular weight excluding hydrogens is 160 g/mol. The quantitative estimate of drug-likeness (QED) is 0.681. The van der Waals surface area contributed by atoms with Gasteiger partial charge in [0.25, 0.3) is 0 Å². The third-order valence-corrected chi connectivity index (χ3v) is 2.65. The van der Waals surface area contributed by atoms with Crippen molar-refractivity contribution in [2.75, 3.05) is 13.1 Å². The fourth-order valence-corrected chi connectivity index (χ4v) is 1.78. The highest BCUT2D eigenvalue weighted by Gasteiger charge is 2.12. The van der Waals surface area contributed by atoms with Gasteiger partial charge in [-0.1, -0.05) is 0 Å². The van der Waals surface area contributed by atoms with Crippen LogP contribution in [0.5, 0.6) is 0 Å². The summed E-state index contributed by atoms with van der Waals surface area (Å²) in [7, 11) is 0. The number of pyridine rings is 1. The van der Waals surface area contributed by atoms with Gasteiger partial charge in [-0.2, -0.15) is 0 Å². The van der Waals surface area contributed by atoms with Crippen LogP contribution < -0.4 is 0 Å². The zero-order chi connectivity index (χ0) is 9.10. The molecule has 0 N–H and O–H groups in total. The lowest BCUT2D eigenvalue weighted by Gasteiger charge is -2.15. The fraction of sp³-hybridized carbons (Fsp3) is 0.545. The number of nitrogens with zero attached hydrogens (tertiary/aromatic N) is 2. The van der Waals surface area contributed by atoms with Crippen LogP contribution in [0.1, 0.15) is 24.0 Å². The molecule has 1 aromatic heterocycles. The predicted octanol–water partition coefficient (Wildman–Crippen LogP) is 1.79. The summed E-state index contributed by atoms with van der Waals surface area (Å²) in [5.41, 5.74) is 2.56. The first-order valence-corrected chi connectivity index (χ1v) is 4.91. The summed E-state index contributed by atoms with van der Waals surface area (Å²) in [6, 6.07) is 2.06. The zero-order valence-corrected chi connectivity index (χ0v) is 8.08. The minimum Gasteiger partial charge on any atom is -0.299 e. The van der Waals surface area contributed by atoms with E-state index in [1.165, 1.54) is 37.1 Å². The van der Waals surface area contributed by atoms with Crippen molar-refractivity contribution in [3.05, 3.63) is 29.6 Å². The molecule has 1 fully saturated rings. The lowest BCUT2D eigenvalue weighted by molar-refractivity contribution is 0.330. The van der Waals surface area contributed by atoms with Gasteiger partial charge in [0, 0.05) is 12.7 Å². The predicted molar refractivity (Wildman–Crippen MR) is 52.3 cm³/mol. The normalized spacial score (nSPS) is 17.9. The summed E-state index contributed by atoms with van der Waals surface area (Å²) < 4.78 is 0. The number of aromatic nitrogens is 1. The van der Waals surface area contributed by atoms with Crippen molar-refractivity contribution in [3.8, 4) is 0 Å². The average molecular weight is 175 g/mol. The summed E-state index contributed by atoms with van der Waals surface area (Å²) in [6.45, 7) is 5.63. The van der Waals surface area contributed by atoms with E-state index in [1.54, 1.807) is 0 Å². The minimum atomic E-state index is 1.03. The Bertz CT molecular complexity index is 277. The van der Waals surface area contributed by atoms with Crippen molar-refractivity contribution >= 4 is 0 Å². The molecule has 0 saturated carbocycles. The topological polar surface area (TPSA) is 16.1 Å². The smallest absolute Gasteiger partial charge is 0.0937 e. The van der Waals surface area contributed by atoms with E-state index in [2.05, 4.69) is 29.1 Å². The van der Waals surface area contributed by atoms with E-state index in [4.69, 9.17) is 0 Å². The third-order valence-electron chi connectivity index (χ3n) is 2.65. The molecule has 0 unspecified atom stereocenters. The van der Waals surface area contributed by atoms with E-state index >= 15 is 0 Å². The highest BCUT2D eigenvalue weighted by molar-refractivity contribution is 5.20. The molecule has 0 aromatic carbocycles. The van der Waals surface area contributed by atoms with E-state index in [-0.39, 0.29) is 0 Å². The second-order valence-corrected chi connectivity index (χ2v) is 3.70. The van der Waals surface area contributed by atoms with Crippen LogP contribution in [-0.4, -0.2) is 23.0 Å². The average Bonchev–Trinajstić information content (AvgIpc) is 2.61. The van der Waals surface area contributed by atoms with Crippen molar-refractivity contribution in [3.63, 3.8) is 0 Å². The van der Waals surface area contributed by atoms with Gasteiger partial charge in [-0.15, -0.1) is 0 Å². The van der Waals surface area contributed by atoms with Gasteiger partial charge in [0.2, 0.25) is 0 Å². The van der Waals surface area contributed by atoms with Gasteiger partial charge in [0.15, 0.2) is 0 Å². The Kier molecular flexibility index (Phi) is 2.60. The van der Waals surface area contributed by atoms with Gasteiger partial charge in [-0.3, -0.25) is 9.88 Å². The standard InChI is InChI=1S/C11H15N2/c1-10-4-5-12-8-11(10)9-13-6-2-3-7-13/h4-5H,2-3,6-7,9H2,1H3. The summed E-state index contributed by atoms with van der Waals surface area (Å²) in [5.74, 6) is 0. The molecular formula is C11H15N2. The number of hydrogen-bond acceptors (Lipinski definition) is 2. The van der Waals surface area contributed by atoms with Crippen molar-refractivity contribution < 1.29 is 0 Å². The Morgan fingerprint density at radius 3 is 2.92 bits per heavy atom. The van der Waals surface area contributed by atoms with Crippen LogP contribution in [0.4, 0.5) is 0 Å². The van der Waals surface area contributed by atoms with Crippen LogP contribution in [0.25, 0.3) is 0 Å². The first kappa shape index (κ1) is 8.70. The zero-order valence-electron chi connectivity index (χ0n) is 8.08. The van der Waals surface area contributed by atoms with Crippen LogP contribution in [0.2, 0.25) is 0 Å². The molecule has 0 aliphatic carbocycles. The lowest BCUT2D eigenvalue weighted by Crippen LogP contribution is -2.19. The maximum Gasteiger partial charge on any atom is 0.0937 e. The first-order chi connectivity index (χ1) is 6.36. The van der Waals surface area contributed by atoms with E-state index in [0.29, 0.717) is 0 Å². The maximum absolute atomic E-state index is 4.04. The highest BCUT2D eigenvalue weighted by atomic mass is 15.1. The lowest BCUT2D eigenvalue weighted by atomic mass is 10.1. The van der Waals surface area contributed by atoms with Crippen molar-refractivity contribution in [2.45, 2.75) is 26.3 Å². The highest BCUT2D eigenvalue weighted by Crippen LogP contribution is 2.13. The molecule has 1 aliphatic heterocycles. The molecule has 2 heteroatoms. The molecule has 2 heterocycles. The van der Waals surface area contributed by atoms with Gasteiger partial charge in [0.1, 0.15) is 0 Å². The Balaban J connectivity index is 2.04.